The lowest BCUT2D eigenvalue weighted by Gasteiger charge is -2.35. The van der Waals surface area contributed by atoms with Gasteiger partial charge in [-0.25, -0.2) is 0 Å². The quantitative estimate of drug-likeness (QED) is 0.894. The molecule has 22 heavy (non-hydrogen) atoms. The molecule has 0 unspecified atom stereocenters. The zero-order valence-electron chi connectivity index (χ0n) is 13.2. The fourth-order valence-electron chi connectivity index (χ4n) is 4.16. The highest BCUT2D eigenvalue weighted by molar-refractivity contribution is 7.17. The van der Waals surface area contributed by atoms with E-state index in [9.17, 15) is 4.79 Å². The average molecular weight is 318 g/mol. The van der Waals surface area contributed by atoms with Gasteiger partial charge in [0.25, 0.3) is 5.91 Å². The lowest BCUT2D eigenvalue weighted by atomic mass is 10.1. The fraction of sp³-hybridized carbons (Fsp3) is 0.588. The second-order valence-electron chi connectivity index (χ2n) is 6.69. The van der Waals surface area contributed by atoms with Crippen LogP contribution in [0.4, 0.5) is 0 Å². The van der Waals surface area contributed by atoms with E-state index >= 15 is 0 Å². The zero-order chi connectivity index (χ0) is 15.1. The molecule has 1 aliphatic carbocycles. The molecule has 118 valence electrons. The Morgan fingerprint density at radius 1 is 1.27 bits per heavy atom. The summed E-state index contributed by atoms with van der Waals surface area (Å²) < 4.78 is 3.26. The smallest absolute Gasteiger partial charge is 0.270 e. The predicted octanol–water partition coefficient (Wildman–Crippen LogP) is 1.52. The molecule has 2 fully saturated rings. The Labute approximate surface area is 135 Å². The Morgan fingerprint density at radius 3 is 2.68 bits per heavy atom. The first-order valence-corrected chi connectivity index (χ1v) is 9.29. The van der Waals surface area contributed by atoms with Crippen LogP contribution >= 0.6 is 11.3 Å². The Hall–Kier alpha value is -1.33. The van der Waals surface area contributed by atoms with E-state index in [4.69, 9.17) is 0 Å². The van der Waals surface area contributed by atoms with Crippen LogP contribution in [0.2, 0.25) is 0 Å². The molecule has 0 aromatic carbocycles. The van der Waals surface area contributed by atoms with E-state index in [1.165, 1.54) is 35.9 Å². The van der Waals surface area contributed by atoms with Gasteiger partial charge in [0, 0.05) is 7.05 Å². The number of fused-ring (bicyclic) bond motifs is 1. The standard InChI is InChI=1S/C17H23N3OS/c1-18-14-6-11-22-16(14)12-15(18)17(21)20-9-7-19(8-10-20)13-4-2-3-5-13/h6,11-13H,2-5,7-10H2,1H3/p+1. The molecule has 1 amide bonds. The normalized spacial score (nSPS) is 21.0. The second kappa shape index (κ2) is 5.70. The number of hydrogen-bond donors (Lipinski definition) is 1. The van der Waals surface area contributed by atoms with E-state index in [2.05, 4.69) is 22.4 Å². The molecule has 1 aliphatic heterocycles. The van der Waals surface area contributed by atoms with Crippen molar-refractivity contribution in [2.45, 2.75) is 31.7 Å². The number of amides is 1. The maximum absolute atomic E-state index is 12.8. The molecule has 2 aromatic rings. The molecule has 0 spiro atoms. The first-order valence-electron chi connectivity index (χ1n) is 8.41. The third-order valence-electron chi connectivity index (χ3n) is 5.51. The molecule has 1 N–H and O–H groups in total. The van der Waals surface area contributed by atoms with Gasteiger partial charge >= 0.3 is 0 Å². The summed E-state index contributed by atoms with van der Waals surface area (Å²) in [5.41, 5.74) is 2.01. The summed E-state index contributed by atoms with van der Waals surface area (Å²) in [6, 6.07) is 5.01. The van der Waals surface area contributed by atoms with Crippen molar-refractivity contribution < 1.29 is 9.69 Å². The summed E-state index contributed by atoms with van der Waals surface area (Å²) in [5.74, 6) is 0.205. The molecular weight excluding hydrogens is 294 g/mol. The Morgan fingerprint density at radius 2 is 2.00 bits per heavy atom. The molecular formula is C17H24N3OS+. The molecule has 5 heteroatoms. The number of carbonyl (C=O) groups excluding carboxylic acids is 1. The maximum Gasteiger partial charge on any atom is 0.270 e. The van der Waals surface area contributed by atoms with Crippen LogP contribution in [-0.4, -0.2) is 47.6 Å². The summed E-state index contributed by atoms with van der Waals surface area (Å²) >= 11 is 1.71. The SMILES string of the molecule is Cn1c(C(=O)N2CC[NH+](C3CCCC3)CC2)cc2sccc21. The van der Waals surface area contributed by atoms with Crippen molar-refractivity contribution in [3.63, 3.8) is 0 Å². The van der Waals surface area contributed by atoms with E-state index in [-0.39, 0.29) is 5.91 Å². The summed E-state index contributed by atoms with van der Waals surface area (Å²) in [7, 11) is 2.00. The number of rotatable bonds is 2. The summed E-state index contributed by atoms with van der Waals surface area (Å²) in [5, 5.41) is 2.09. The van der Waals surface area contributed by atoms with Gasteiger partial charge in [0.2, 0.25) is 0 Å². The number of thiophene rings is 1. The van der Waals surface area contributed by atoms with Gasteiger partial charge in [-0.15, -0.1) is 11.3 Å². The van der Waals surface area contributed by atoms with Crippen molar-refractivity contribution in [3.8, 4) is 0 Å². The summed E-state index contributed by atoms with van der Waals surface area (Å²) in [6.45, 7) is 4.05. The Bertz CT molecular complexity index is 675. The number of carbonyl (C=O) groups is 1. The van der Waals surface area contributed by atoms with Crippen LogP contribution in [0.3, 0.4) is 0 Å². The number of aromatic nitrogens is 1. The minimum Gasteiger partial charge on any atom is -0.339 e. The van der Waals surface area contributed by atoms with Crippen molar-refractivity contribution >= 4 is 27.5 Å². The lowest BCUT2D eigenvalue weighted by molar-refractivity contribution is -0.928. The number of piperazine rings is 1. The highest BCUT2D eigenvalue weighted by Gasteiger charge is 2.32. The second-order valence-corrected chi connectivity index (χ2v) is 7.64. The lowest BCUT2D eigenvalue weighted by Crippen LogP contribution is -3.18. The van der Waals surface area contributed by atoms with Crippen LogP contribution in [0.5, 0.6) is 0 Å². The van der Waals surface area contributed by atoms with Gasteiger partial charge in [-0.1, -0.05) is 0 Å². The Kier molecular flexibility index (Phi) is 3.70. The van der Waals surface area contributed by atoms with Gasteiger partial charge in [-0.2, -0.15) is 0 Å². The number of nitrogens with one attached hydrogen (secondary N) is 1. The monoisotopic (exact) mass is 318 g/mol. The van der Waals surface area contributed by atoms with E-state index in [0.717, 1.165) is 37.9 Å². The Balaban J connectivity index is 1.45. The van der Waals surface area contributed by atoms with Gasteiger partial charge in [-0.3, -0.25) is 4.79 Å². The van der Waals surface area contributed by atoms with Crippen LogP contribution in [0.25, 0.3) is 10.2 Å². The van der Waals surface area contributed by atoms with Crippen LogP contribution in [0.1, 0.15) is 36.2 Å². The number of nitrogens with zero attached hydrogens (tertiary/aromatic N) is 2. The topological polar surface area (TPSA) is 29.7 Å². The van der Waals surface area contributed by atoms with Crippen molar-refractivity contribution in [1.29, 1.82) is 0 Å². The molecule has 0 radical (unpaired) electrons. The average Bonchev–Trinajstić information content (AvgIpc) is 3.26. The third kappa shape index (κ3) is 2.36. The number of aryl methyl sites for hydroxylation is 1. The van der Waals surface area contributed by atoms with Gasteiger partial charge in [-0.05, 0) is 43.2 Å². The van der Waals surface area contributed by atoms with E-state index < -0.39 is 0 Å². The van der Waals surface area contributed by atoms with Crippen molar-refractivity contribution in [2.24, 2.45) is 7.05 Å². The molecule has 1 saturated heterocycles. The van der Waals surface area contributed by atoms with E-state index in [0.29, 0.717) is 0 Å². The van der Waals surface area contributed by atoms with Gasteiger partial charge in [0.1, 0.15) is 5.69 Å². The zero-order valence-corrected chi connectivity index (χ0v) is 14.0. The maximum atomic E-state index is 12.8. The number of quaternary nitrogens is 1. The minimum absolute atomic E-state index is 0.205. The molecule has 4 nitrogen and oxygen atoms in total. The van der Waals surface area contributed by atoms with Gasteiger partial charge < -0.3 is 14.4 Å². The molecule has 4 rings (SSSR count). The van der Waals surface area contributed by atoms with Gasteiger partial charge in [0.15, 0.2) is 0 Å². The molecule has 2 aliphatic rings. The summed E-state index contributed by atoms with van der Waals surface area (Å²) in [4.78, 5) is 16.6. The van der Waals surface area contributed by atoms with Crippen molar-refractivity contribution in [1.82, 2.24) is 9.47 Å². The van der Waals surface area contributed by atoms with Crippen LogP contribution in [0.15, 0.2) is 17.5 Å². The molecule has 1 saturated carbocycles. The van der Waals surface area contributed by atoms with Gasteiger partial charge in [0.05, 0.1) is 42.4 Å². The fourth-order valence-corrected chi connectivity index (χ4v) is 5.01. The first-order chi connectivity index (χ1) is 10.7. The van der Waals surface area contributed by atoms with Crippen LogP contribution in [0, 0.1) is 0 Å². The van der Waals surface area contributed by atoms with Crippen molar-refractivity contribution in [2.75, 3.05) is 26.2 Å². The minimum atomic E-state index is 0.205. The first kappa shape index (κ1) is 14.3. The largest absolute Gasteiger partial charge is 0.339 e. The molecule has 3 heterocycles. The number of hydrogen-bond acceptors (Lipinski definition) is 2. The molecule has 0 atom stereocenters. The summed E-state index contributed by atoms with van der Waals surface area (Å²) in [6.07, 6.45) is 5.57. The molecule has 2 aromatic heterocycles. The van der Waals surface area contributed by atoms with Crippen molar-refractivity contribution in [3.05, 3.63) is 23.2 Å². The highest BCUT2D eigenvalue weighted by Crippen LogP contribution is 2.25. The van der Waals surface area contributed by atoms with E-state index in [1.807, 2.05) is 11.6 Å². The van der Waals surface area contributed by atoms with E-state index in [1.54, 1.807) is 16.2 Å². The highest BCUT2D eigenvalue weighted by atomic mass is 32.1. The molecule has 0 bridgehead atoms. The van der Waals surface area contributed by atoms with Crippen LogP contribution in [-0.2, 0) is 7.05 Å². The van der Waals surface area contributed by atoms with Crippen LogP contribution < -0.4 is 4.90 Å². The predicted molar refractivity (Wildman–Crippen MR) is 89.7 cm³/mol. The third-order valence-corrected chi connectivity index (χ3v) is 6.36.